The number of carbonyl (C=O) groups is 1. The maximum Gasteiger partial charge on any atom is 0.237 e. The van der Waals surface area contributed by atoms with Crippen LogP contribution < -0.4 is 10.2 Å². The van der Waals surface area contributed by atoms with Gasteiger partial charge in [-0.15, -0.1) is 0 Å². The largest absolute Gasteiger partial charge is 0.396 e. The lowest BCUT2D eigenvalue weighted by Crippen LogP contribution is -2.60. The molecule has 0 saturated carbocycles. The van der Waals surface area contributed by atoms with Crippen molar-refractivity contribution in [1.82, 2.24) is 5.32 Å². The van der Waals surface area contributed by atoms with E-state index in [2.05, 4.69) is 11.4 Å². The predicted octanol–water partition coefficient (Wildman–Crippen LogP) is 1.57. The monoisotopic (exact) mass is 280 g/mol. The number of allylic oxidation sites excluding steroid dienone is 2. The van der Waals surface area contributed by atoms with Gasteiger partial charge in [-0.05, 0) is 35.6 Å². The quantitative estimate of drug-likeness (QED) is 0.864. The van der Waals surface area contributed by atoms with Crippen molar-refractivity contribution < 1.29 is 9.90 Å². The van der Waals surface area contributed by atoms with E-state index in [1.165, 1.54) is 0 Å². The molecule has 1 aromatic rings. The number of aliphatic hydroxyl groups is 1. The number of piperidine rings is 1. The SMILES string of the molecule is O=C1C2C(=CC2CO)C2=CC=CNC2N1c1ccccc1. The summed E-state index contributed by atoms with van der Waals surface area (Å²) < 4.78 is 0. The molecule has 0 bridgehead atoms. The van der Waals surface area contributed by atoms with Gasteiger partial charge in [0.1, 0.15) is 6.17 Å². The molecule has 0 spiro atoms. The number of para-hydroxylation sites is 1. The van der Waals surface area contributed by atoms with Gasteiger partial charge in [-0.3, -0.25) is 9.69 Å². The van der Waals surface area contributed by atoms with Crippen LogP contribution in [0.4, 0.5) is 5.69 Å². The molecule has 2 aliphatic heterocycles. The molecule has 21 heavy (non-hydrogen) atoms. The van der Waals surface area contributed by atoms with Gasteiger partial charge in [0.05, 0.1) is 12.5 Å². The standard InChI is InChI=1S/C17H16N2O2/c20-10-11-9-14-13-7-4-8-18-16(13)19(17(21)15(11)14)12-5-2-1-3-6-12/h1-9,11,15-16,18,20H,10H2. The zero-order valence-corrected chi connectivity index (χ0v) is 11.4. The van der Waals surface area contributed by atoms with Gasteiger partial charge in [0.2, 0.25) is 5.91 Å². The highest BCUT2D eigenvalue weighted by atomic mass is 16.3. The van der Waals surface area contributed by atoms with Crippen molar-refractivity contribution >= 4 is 11.6 Å². The third-order valence-corrected chi connectivity index (χ3v) is 4.42. The fourth-order valence-corrected chi connectivity index (χ4v) is 3.38. The average molecular weight is 280 g/mol. The van der Waals surface area contributed by atoms with E-state index in [0.29, 0.717) is 0 Å². The predicted molar refractivity (Wildman–Crippen MR) is 80.2 cm³/mol. The minimum absolute atomic E-state index is 0.0176. The van der Waals surface area contributed by atoms with Gasteiger partial charge < -0.3 is 10.4 Å². The van der Waals surface area contributed by atoms with E-state index in [1.807, 2.05) is 48.7 Å². The lowest BCUT2D eigenvalue weighted by molar-refractivity contribution is -0.124. The summed E-state index contributed by atoms with van der Waals surface area (Å²) in [4.78, 5) is 14.7. The van der Waals surface area contributed by atoms with Crippen LogP contribution in [-0.4, -0.2) is 23.8 Å². The zero-order valence-electron chi connectivity index (χ0n) is 11.4. The second kappa shape index (κ2) is 4.60. The number of carbonyl (C=O) groups excluding carboxylic acids is 1. The Morgan fingerprint density at radius 2 is 2.00 bits per heavy atom. The summed E-state index contributed by atoms with van der Waals surface area (Å²) >= 11 is 0. The Kier molecular flexibility index (Phi) is 2.72. The highest BCUT2D eigenvalue weighted by Crippen LogP contribution is 2.46. The van der Waals surface area contributed by atoms with Crippen molar-refractivity contribution in [1.29, 1.82) is 0 Å². The first-order valence-corrected chi connectivity index (χ1v) is 7.15. The minimum Gasteiger partial charge on any atom is -0.396 e. The van der Waals surface area contributed by atoms with Crippen LogP contribution in [0.1, 0.15) is 0 Å². The number of amides is 1. The number of hydrogen-bond acceptors (Lipinski definition) is 3. The molecule has 1 amide bonds. The Hall–Kier alpha value is -2.33. The first-order valence-electron chi connectivity index (χ1n) is 7.15. The topological polar surface area (TPSA) is 52.6 Å². The second-order valence-electron chi connectivity index (χ2n) is 5.54. The summed E-state index contributed by atoms with van der Waals surface area (Å²) in [5.41, 5.74) is 3.06. The van der Waals surface area contributed by atoms with Crippen LogP contribution in [-0.2, 0) is 4.79 Å². The second-order valence-corrected chi connectivity index (χ2v) is 5.54. The Morgan fingerprint density at radius 3 is 2.76 bits per heavy atom. The molecule has 106 valence electrons. The third-order valence-electron chi connectivity index (χ3n) is 4.42. The van der Waals surface area contributed by atoms with E-state index in [-0.39, 0.29) is 30.5 Å². The van der Waals surface area contributed by atoms with Crippen molar-refractivity contribution in [3.8, 4) is 0 Å². The van der Waals surface area contributed by atoms with Gasteiger partial charge in [0, 0.05) is 11.6 Å². The number of aliphatic hydroxyl groups excluding tert-OH is 1. The number of nitrogens with zero attached hydrogens (tertiary/aromatic N) is 1. The van der Waals surface area contributed by atoms with Crippen molar-refractivity contribution in [2.45, 2.75) is 6.17 Å². The van der Waals surface area contributed by atoms with Gasteiger partial charge >= 0.3 is 0 Å². The van der Waals surface area contributed by atoms with Crippen molar-refractivity contribution in [2.75, 3.05) is 11.5 Å². The molecular formula is C17H16N2O2. The molecule has 2 heterocycles. The molecule has 4 heteroatoms. The summed E-state index contributed by atoms with van der Waals surface area (Å²) in [6.45, 7) is 0.0176. The van der Waals surface area contributed by atoms with Gasteiger partial charge in [0.15, 0.2) is 0 Å². The first kappa shape index (κ1) is 12.4. The maximum atomic E-state index is 12.9. The van der Waals surface area contributed by atoms with Gasteiger partial charge in [-0.1, -0.05) is 30.4 Å². The van der Waals surface area contributed by atoms with Crippen LogP contribution in [0.25, 0.3) is 0 Å². The van der Waals surface area contributed by atoms with Crippen molar-refractivity contribution in [2.24, 2.45) is 11.8 Å². The number of fused-ring (bicyclic) bond motifs is 3. The normalized spacial score (nSPS) is 29.7. The van der Waals surface area contributed by atoms with E-state index in [4.69, 9.17) is 0 Å². The van der Waals surface area contributed by atoms with Gasteiger partial charge in [-0.2, -0.15) is 0 Å². The van der Waals surface area contributed by atoms with Crippen molar-refractivity contribution in [3.05, 3.63) is 65.9 Å². The molecule has 1 fully saturated rings. The molecule has 4 rings (SSSR count). The third kappa shape index (κ3) is 1.69. The Balaban J connectivity index is 1.81. The lowest BCUT2D eigenvalue weighted by Gasteiger charge is -2.49. The maximum absolute atomic E-state index is 12.9. The molecule has 1 aromatic carbocycles. The highest BCUT2D eigenvalue weighted by molar-refractivity contribution is 6.02. The molecule has 1 aliphatic carbocycles. The molecule has 3 aliphatic rings. The first-order chi connectivity index (χ1) is 10.3. The fraction of sp³-hybridized carbons (Fsp3) is 0.235. The van der Waals surface area contributed by atoms with E-state index >= 15 is 0 Å². The minimum atomic E-state index is -0.217. The Labute approximate surface area is 123 Å². The summed E-state index contributed by atoms with van der Waals surface area (Å²) in [6.07, 6.45) is 7.72. The molecule has 3 atom stereocenters. The molecule has 1 saturated heterocycles. The van der Waals surface area contributed by atoms with E-state index in [0.717, 1.165) is 16.8 Å². The molecule has 0 radical (unpaired) electrons. The molecule has 2 N–H and O–H groups in total. The van der Waals surface area contributed by atoms with E-state index in [9.17, 15) is 9.90 Å². The molecular weight excluding hydrogens is 264 g/mol. The molecule has 0 aromatic heterocycles. The Bertz CT molecular complexity index is 675. The van der Waals surface area contributed by atoms with Crippen LogP contribution in [0, 0.1) is 11.8 Å². The highest BCUT2D eigenvalue weighted by Gasteiger charge is 2.49. The smallest absolute Gasteiger partial charge is 0.237 e. The average Bonchev–Trinajstić information content (AvgIpc) is 2.49. The lowest BCUT2D eigenvalue weighted by atomic mass is 9.67. The number of anilines is 1. The number of dihydropyridines is 1. The molecule has 3 unspecified atom stereocenters. The van der Waals surface area contributed by atoms with Crippen LogP contribution in [0.15, 0.2) is 65.9 Å². The van der Waals surface area contributed by atoms with Crippen LogP contribution in [0.2, 0.25) is 0 Å². The van der Waals surface area contributed by atoms with Crippen LogP contribution >= 0.6 is 0 Å². The van der Waals surface area contributed by atoms with Crippen molar-refractivity contribution in [3.63, 3.8) is 0 Å². The molecule has 4 nitrogen and oxygen atoms in total. The summed E-state index contributed by atoms with van der Waals surface area (Å²) in [6, 6.07) is 9.68. The van der Waals surface area contributed by atoms with E-state index < -0.39 is 0 Å². The summed E-state index contributed by atoms with van der Waals surface area (Å²) in [5, 5.41) is 12.7. The fourth-order valence-electron chi connectivity index (χ4n) is 3.38. The summed E-state index contributed by atoms with van der Waals surface area (Å²) in [5.74, 6) is -0.222. The van der Waals surface area contributed by atoms with Gasteiger partial charge in [-0.25, -0.2) is 0 Å². The number of hydrogen-bond donors (Lipinski definition) is 2. The van der Waals surface area contributed by atoms with E-state index in [1.54, 1.807) is 4.90 Å². The van der Waals surface area contributed by atoms with Crippen LogP contribution in [0.5, 0.6) is 0 Å². The number of benzene rings is 1. The summed E-state index contributed by atoms with van der Waals surface area (Å²) in [7, 11) is 0. The number of rotatable bonds is 2. The number of nitrogens with one attached hydrogen (secondary N) is 1. The zero-order chi connectivity index (χ0) is 14.4. The Morgan fingerprint density at radius 1 is 1.19 bits per heavy atom. The van der Waals surface area contributed by atoms with Gasteiger partial charge in [0.25, 0.3) is 0 Å². The van der Waals surface area contributed by atoms with Crippen LogP contribution in [0.3, 0.4) is 0 Å².